The second-order valence-electron chi connectivity index (χ2n) is 5.22. The van der Waals surface area contributed by atoms with Crippen molar-refractivity contribution in [3.05, 3.63) is 23.8 Å². The zero-order valence-electron chi connectivity index (χ0n) is 12.2. The van der Waals surface area contributed by atoms with Gasteiger partial charge in [0.15, 0.2) is 0 Å². The van der Waals surface area contributed by atoms with Crippen molar-refractivity contribution in [3.8, 4) is 11.5 Å². The van der Waals surface area contributed by atoms with E-state index in [9.17, 15) is 0 Å². The molecule has 0 bridgehead atoms. The summed E-state index contributed by atoms with van der Waals surface area (Å²) in [7, 11) is 7.41. The fourth-order valence-corrected chi connectivity index (χ4v) is 2.93. The van der Waals surface area contributed by atoms with Crippen molar-refractivity contribution < 1.29 is 9.47 Å². The SMILES string of the molecule is CNCC1(C(NC)c2ccc(OC)cc2OC)CC1. The van der Waals surface area contributed by atoms with Gasteiger partial charge in [-0.1, -0.05) is 6.07 Å². The zero-order valence-corrected chi connectivity index (χ0v) is 12.2. The van der Waals surface area contributed by atoms with Crippen molar-refractivity contribution in [3.63, 3.8) is 0 Å². The Morgan fingerprint density at radius 1 is 1.21 bits per heavy atom. The molecule has 0 radical (unpaired) electrons. The number of benzene rings is 1. The summed E-state index contributed by atoms with van der Waals surface area (Å²) in [5, 5.41) is 6.77. The van der Waals surface area contributed by atoms with E-state index in [-0.39, 0.29) is 0 Å². The average Bonchev–Trinajstić information content (AvgIpc) is 3.20. The van der Waals surface area contributed by atoms with Crippen LogP contribution in [-0.4, -0.2) is 34.9 Å². The highest BCUT2D eigenvalue weighted by Gasteiger charge is 2.49. The minimum absolute atomic E-state index is 0.306. The molecule has 0 heterocycles. The van der Waals surface area contributed by atoms with Crippen molar-refractivity contribution in [2.75, 3.05) is 34.9 Å². The maximum absolute atomic E-state index is 5.53. The second-order valence-corrected chi connectivity index (χ2v) is 5.22. The van der Waals surface area contributed by atoms with Gasteiger partial charge in [-0.25, -0.2) is 0 Å². The summed E-state index contributed by atoms with van der Waals surface area (Å²) in [4.78, 5) is 0. The van der Waals surface area contributed by atoms with Crippen molar-refractivity contribution in [1.29, 1.82) is 0 Å². The first-order valence-electron chi connectivity index (χ1n) is 6.74. The molecule has 0 saturated heterocycles. The lowest BCUT2D eigenvalue weighted by Gasteiger charge is -2.28. The maximum atomic E-state index is 5.53. The summed E-state index contributed by atoms with van der Waals surface area (Å²) in [5.41, 5.74) is 1.52. The minimum atomic E-state index is 0.306. The van der Waals surface area contributed by atoms with Gasteiger partial charge in [0, 0.05) is 29.6 Å². The van der Waals surface area contributed by atoms with Gasteiger partial charge < -0.3 is 20.1 Å². The number of rotatable bonds is 7. The smallest absolute Gasteiger partial charge is 0.127 e. The largest absolute Gasteiger partial charge is 0.497 e. The number of ether oxygens (including phenoxy) is 2. The number of nitrogens with one attached hydrogen (secondary N) is 2. The minimum Gasteiger partial charge on any atom is -0.497 e. The van der Waals surface area contributed by atoms with E-state index in [1.54, 1.807) is 14.2 Å². The van der Waals surface area contributed by atoms with Gasteiger partial charge in [-0.2, -0.15) is 0 Å². The lowest BCUT2D eigenvalue weighted by molar-refractivity contribution is 0.327. The molecule has 1 aromatic carbocycles. The van der Waals surface area contributed by atoms with E-state index in [4.69, 9.17) is 9.47 Å². The molecule has 1 unspecified atom stereocenters. The topological polar surface area (TPSA) is 42.5 Å². The Hall–Kier alpha value is -1.26. The van der Waals surface area contributed by atoms with Crippen LogP contribution in [0, 0.1) is 5.41 Å². The highest BCUT2D eigenvalue weighted by Crippen LogP contribution is 2.55. The van der Waals surface area contributed by atoms with E-state index in [0.717, 1.165) is 18.0 Å². The predicted octanol–water partition coefficient (Wildman–Crippen LogP) is 1.96. The van der Waals surface area contributed by atoms with E-state index in [1.807, 2.05) is 26.2 Å². The molecule has 2 N–H and O–H groups in total. The third-order valence-corrected chi connectivity index (χ3v) is 4.07. The van der Waals surface area contributed by atoms with Gasteiger partial charge >= 0.3 is 0 Å². The highest BCUT2D eigenvalue weighted by atomic mass is 16.5. The van der Waals surface area contributed by atoms with Gasteiger partial charge in [0.25, 0.3) is 0 Å². The molecule has 1 aromatic rings. The van der Waals surface area contributed by atoms with Crippen molar-refractivity contribution in [2.24, 2.45) is 5.41 Å². The van der Waals surface area contributed by atoms with Crippen molar-refractivity contribution >= 4 is 0 Å². The molecule has 0 spiro atoms. The molecule has 19 heavy (non-hydrogen) atoms. The predicted molar refractivity (Wildman–Crippen MR) is 76.9 cm³/mol. The van der Waals surface area contributed by atoms with Gasteiger partial charge in [0.1, 0.15) is 11.5 Å². The first-order chi connectivity index (χ1) is 9.20. The summed E-state index contributed by atoms with van der Waals surface area (Å²) < 4.78 is 10.8. The summed E-state index contributed by atoms with van der Waals surface area (Å²) in [6.07, 6.45) is 2.49. The van der Waals surface area contributed by atoms with E-state index in [0.29, 0.717) is 11.5 Å². The molecule has 4 nitrogen and oxygen atoms in total. The number of hydrogen-bond donors (Lipinski definition) is 2. The normalized spacial score (nSPS) is 17.9. The molecule has 1 fully saturated rings. The van der Waals surface area contributed by atoms with Crippen LogP contribution in [0.3, 0.4) is 0 Å². The molecule has 1 saturated carbocycles. The standard InChI is InChI=1S/C15H24N2O2/c1-16-10-15(7-8-15)14(17-2)12-6-5-11(18-3)9-13(12)19-4/h5-6,9,14,16-17H,7-8,10H2,1-4H3. The molecule has 1 atom stereocenters. The number of methoxy groups -OCH3 is 2. The van der Waals surface area contributed by atoms with Crippen LogP contribution in [0.15, 0.2) is 18.2 Å². The Morgan fingerprint density at radius 2 is 1.95 bits per heavy atom. The third kappa shape index (κ3) is 2.69. The van der Waals surface area contributed by atoms with Gasteiger partial charge in [0.05, 0.1) is 14.2 Å². The fourth-order valence-electron chi connectivity index (χ4n) is 2.93. The monoisotopic (exact) mass is 264 g/mol. The van der Waals surface area contributed by atoms with Crippen molar-refractivity contribution in [1.82, 2.24) is 10.6 Å². The van der Waals surface area contributed by atoms with Crippen LogP contribution >= 0.6 is 0 Å². The lowest BCUT2D eigenvalue weighted by Crippen LogP contribution is -2.33. The Bertz CT molecular complexity index is 430. The zero-order chi connectivity index (χ0) is 13.9. The van der Waals surface area contributed by atoms with Gasteiger partial charge in [-0.3, -0.25) is 0 Å². The summed E-state index contributed by atoms with van der Waals surface area (Å²) in [6.45, 7) is 1.02. The number of hydrogen-bond acceptors (Lipinski definition) is 4. The Balaban J connectivity index is 2.33. The summed E-state index contributed by atoms with van der Waals surface area (Å²) in [6, 6.07) is 6.36. The molecule has 1 aliphatic carbocycles. The molecule has 2 rings (SSSR count). The van der Waals surface area contributed by atoms with Crippen LogP contribution in [0.2, 0.25) is 0 Å². The molecule has 0 aromatic heterocycles. The first kappa shape index (κ1) is 14.2. The lowest BCUT2D eigenvalue weighted by atomic mass is 9.89. The summed E-state index contributed by atoms with van der Waals surface area (Å²) >= 11 is 0. The van der Waals surface area contributed by atoms with Crippen molar-refractivity contribution in [2.45, 2.75) is 18.9 Å². The molecule has 0 amide bonds. The van der Waals surface area contributed by atoms with Crippen LogP contribution in [0.4, 0.5) is 0 Å². The van der Waals surface area contributed by atoms with Gasteiger partial charge in [-0.15, -0.1) is 0 Å². The summed E-state index contributed by atoms with van der Waals surface area (Å²) in [5.74, 6) is 1.72. The second kappa shape index (κ2) is 5.80. The Morgan fingerprint density at radius 3 is 2.42 bits per heavy atom. The van der Waals surface area contributed by atoms with E-state index >= 15 is 0 Å². The average molecular weight is 264 g/mol. The van der Waals surface area contributed by atoms with Crippen LogP contribution in [-0.2, 0) is 0 Å². The van der Waals surface area contributed by atoms with Crippen LogP contribution in [0.1, 0.15) is 24.4 Å². The molecule has 4 heteroatoms. The molecule has 0 aliphatic heterocycles. The first-order valence-corrected chi connectivity index (χ1v) is 6.74. The quantitative estimate of drug-likeness (QED) is 0.790. The van der Waals surface area contributed by atoms with Crippen LogP contribution in [0.25, 0.3) is 0 Å². The van der Waals surface area contributed by atoms with E-state index in [1.165, 1.54) is 18.4 Å². The van der Waals surface area contributed by atoms with Gasteiger partial charge in [0.2, 0.25) is 0 Å². The maximum Gasteiger partial charge on any atom is 0.127 e. The van der Waals surface area contributed by atoms with E-state index < -0.39 is 0 Å². The van der Waals surface area contributed by atoms with E-state index in [2.05, 4.69) is 16.7 Å². The Kier molecular flexibility index (Phi) is 4.32. The fraction of sp³-hybridized carbons (Fsp3) is 0.600. The van der Waals surface area contributed by atoms with Gasteiger partial charge in [-0.05, 0) is 33.0 Å². The van der Waals surface area contributed by atoms with Crippen LogP contribution in [0.5, 0.6) is 11.5 Å². The highest BCUT2D eigenvalue weighted by molar-refractivity contribution is 5.44. The molecule has 106 valence electrons. The molecular formula is C15H24N2O2. The third-order valence-electron chi connectivity index (χ3n) is 4.07. The van der Waals surface area contributed by atoms with Crippen LogP contribution < -0.4 is 20.1 Å². The molecule has 1 aliphatic rings. The Labute approximate surface area is 115 Å². The molecular weight excluding hydrogens is 240 g/mol.